The summed E-state index contributed by atoms with van der Waals surface area (Å²) in [7, 11) is 0. The summed E-state index contributed by atoms with van der Waals surface area (Å²) in [5, 5.41) is 0. The second-order valence-corrected chi connectivity index (χ2v) is 7.40. The van der Waals surface area contributed by atoms with Crippen molar-refractivity contribution < 1.29 is 0 Å². The van der Waals surface area contributed by atoms with Crippen LogP contribution in [-0.2, 0) is 0 Å². The summed E-state index contributed by atoms with van der Waals surface area (Å²) >= 11 is 1.96. The fourth-order valence-electron chi connectivity index (χ4n) is 1.01. The number of rotatable bonds is 1. The maximum absolute atomic E-state index is 5.85. The Morgan fingerprint density at radius 2 is 2.17 bits per heavy atom. The average molecular weight is 291 g/mol. The van der Waals surface area contributed by atoms with Crippen LogP contribution in [0.5, 0.6) is 0 Å². The van der Waals surface area contributed by atoms with Crippen molar-refractivity contribution in [2.24, 2.45) is 5.73 Å². The fraction of sp³-hybridized carbons (Fsp3) is 0.222. The van der Waals surface area contributed by atoms with Crippen LogP contribution < -0.4 is 5.73 Å². The lowest BCUT2D eigenvalue weighted by Gasteiger charge is -2.02. The van der Waals surface area contributed by atoms with E-state index in [1.807, 2.05) is 11.8 Å². The molecule has 0 bridgehead atoms. The first-order valence-corrected chi connectivity index (χ1v) is 6.79. The summed E-state index contributed by atoms with van der Waals surface area (Å²) < 4.78 is 3.03. The molecule has 1 aliphatic heterocycles. The van der Waals surface area contributed by atoms with Crippen LogP contribution in [0.15, 0.2) is 29.2 Å². The molecule has 1 aromatic carbocycles. The topological polar surface area (TPSA) is 26.0 Å². The van der Waals surface area contributed by atoms with Gasteiger partial charge < -0.3 is 5.73 Å². The van der Waals surface area contributed by atoms with Gasteiger partial charge in [-0.15, -0.1) is 0 Å². The number of fused-ring (bicyclic) bond motifs is 1. The Kier molecular flexibility index (Phi) is 2.52. The van der Waals surface area contributed by atoms with Gasteiger partial charge in [-0.25, -0.2) is 0 Å². The summed E-state index contributed by atoms with van der Waals surface area (Å²) in [5.41, 5.74) is 5.85. The number of halogens is 1. The maximum atomic E-state index is 5.85. The number of hydrogen-bond donors (Lipinski definition) is 1. The van der Waals surface area contributed by atoms with Crippen molar-refractivity contribution in [3.05, 3.63) is 27.8 Å². The van der Waals surface area contributed by atoms with E-state index in [1.54, 1.807) is 0 Å². The minimum absolute atomic E-state index is 0.0709. The average Bonchev–Trinajstić information content (AvgIpc) is 2.46. The minimum Gasteiger partial charge on any atom is -0.323 e. The maximum Gasteiger partial charge on any atom is 0.0399 e. The van der Waals surface area contributed by atoms with Crippen LogP contribution in [0.2, 0.25) is 0 Å². The summed E-state index contributed by atoms with van der Waals surface area (Å²) in [6.45, 7) is 2.08. The van der Waals surface area contributed by atoms with Gasteiger partial charge in [-0.2, -0.15) is 0 Å². The molecule has 1 aromatic rings. The Bertz CT molecular complexity index is 333. The molecule has 1 unspecified atom stereocenters. The van der Waals surface area contributed by atoms with Gasteiger partial charge in [-0.3, -0.25) is 0 Å². The molecule has 1 heterocycles. The number of thioether (sulfide) groups is 1. The van der Waals surface area contributed by atoms with E-state index in [0.29, 0.717) is 0 Å². The molecule has 12 heavy (non-hydrogen) atoms. The third kappa shape index (κ3) is 1.58. The first-order valence-electron chi connectivity index (χ1n) is 3.81. The van der Waals surface area contributed by atoms with Gasteiger partial charge in [0.05, 0.1) is 0 Å². The zero-order valence-electron chi connectivity index (χ0n) is 6.75. The second-order valence-electron chi connectivity index (χ2n) is 2.72. The summed E-state index contributed by atoms with van der Waals surface area (Å²) in [6, 6.07) is 8.89. The zero-order valence-corrected chi connectivity index (χ0v) is 9.72. The van der Waals surface area contributed by atoms with Gasteiger partial charge in [0, 0.05) is 17.3 Å². The summed E-state index contributed by atoms with van der Waals surface area (Å²) in [4.78, 5) is 1.43. The molecule has 0 saturated heterocycles. The van der Waals surface area contributed by atoms with Crippen molar-refractivity contribution in [3.63, 3.8) is 0 Å². The molecule has 0 amide bonds. The molecule has 1 nitrogen and oxygen atoms in total. The first kappa shape index (κ1) is 8.72. The van der Waals surface area contributed by atoms with E-state index < -0.39 is 0 Å². The lowest BCUT2D eigenvalue weighted by molar-refractivity contribution is 1.01. The molecular formula is C9H10INS. The van der Waals surface area contributed by atoms with E-state index in [1.165, 1.54) is 11.3 Å². The van der Waals surface area contributed by atoms with Gasteiger partial charge in [-0.05, 0) is 19.1 Å². The van der Waals surface area contributed by atoms with Gasteiger partial charge in [0.25, 0.3) is 0 Å². The van der Waals surface area contributed by atoms with Crippen molar-refractivity contribution in [2.45, 2.75) is 17.9 Å². The molecule has 64 valence electrons. The second kappa shape index (κ2) is 3.47. The molecule has 2 N–H and O–H groups in total. The van der Waals surface area contributed by atoms with E-state index in [2.05, 4.69) is 31.2 Å². The van der Waals surface area contributed by atoms with Gasteiger partial charge in [0.2, 0.25) is 0 Å². The molecule has 3 heteroatoms. The Labute approximate surface area is 86.5 Å². The normalized spacial score (nSPS) is 17.7. The van der Waals surface area contributed by atoms with Crippen LogP contribution >= 0.6 is 32.5 Å². The standard InChI is InChI=1S/C9H10INS/c1-6(11)9-10-7-4-2-3-5-8(7)12-9/h2-6H,11H2,1H3. The first-order chi connectivity index (χ1) is 5.77. The SMILES string of the molecule is CC(N)C1=Ic2ccccc2S1. The largest absolute Gasteiger partial charge is 0.323 e. The highest BCUT2D eigenvalue weighted by Crippen LogP contribution is 2.39. The predicted molar refractivity (Wildman–Crippen MR) is 63.7 cm³/mol. The molecule has 2 rings (SSSR count). The van der Waals surface area contributed by atoms with Gasteiger partial charge >= 0.3 is 0 Å². The fourth-order valence-corrected chi connectivity index (χ4v) is 5.84. The Morgan fingerprint density at radius 3 is 2.83 bits per heavy atom. The van der Waals surface area contributed by atoms with Gasteiger partial charge in [-0.1, -0.05) is 44.6 Å². The Hall–Kier alpha value is 0.130. The number of nitrogens with two attached hydrogens (primary N) is 1. The quantitative estimate of drug-likeness (QED) is 0.804. The molecule has 1 aliphatic rings. The lowest BCUT2D eigenvalue weighted by Crippen LogP contribution is -2.21. The molecule has 0 radical (unpaired) electrons. The molecule has 0 saturated carbocycles. The van der Waals surface area contributed by atoms with E-state index in [0.717, 1.165) is 0 Å². The highest BCUT2D eigenvalue weighted by molar-refractivity contribution is 14.2. The number of hydrogen-bond acceptors (Lipinski definition) is 2. The highest BCUT2D eigenvalue weighted by atomic mass is 127. The molecule has 0 fully saturated rings. The highest BCUT2D eigenvalue weighted by Gasteiger charge is 2.15. The number of benzene rings is 1. The third-order valence-electron chi connectivity index (χ3n) is 1.60. The van der Waals surface area contributed by atoms with E-state index in [-0.39, 0.29) is 26.8 Å². The van der Waals surface area contributed by atoms with E-state index in [9.17, 15) is 0 Å². The van der Waals surface area contributed by atoms with Gasteiger partial charge in [0.15, 0.2) is 0 Å². The Morgan fingerprint density at radius 1 is 1.42 bits per heavy atom. The van der Waals surface area contributed by atoms with Crippen molar-refractivity contribution in [1.29, 1.82) is 0 Å². The van der Waals surface area contributed by atoms with E-state index >= 15 is 0 Å². The van der Waals surface area contributed by atoms with Crippen LogP contribution in [0.3, 0.4) is 0 Å². The molecule has 0 aromatic heterocycles. The Balaban J connectivity index is 2.35. The molecule has 0 aliphatic carbocycles. The van der Waals surface area contributed by atoms with Crippen molar-refractivity contribution >= 4 is 35.3 Å². The van der Waals surface area contributed by atoms with Crippen LogP contribution in [0.1, 0.15) is 6.92 Å². The van der Waals surface area contributed by atoms with Crippen LogP contribution in [0.25, 0.3) is 0 Å². The van der Waals surface area contributed by atoms with E-state index in [4.69, 9.17) is 5.73 Å². The predicted octanol–water partition coefficient (Wildman–Crippen LogP) is 2.41. The monoisotopic (exact) mass is 291 g/mol. The smallest absolute Gasteiger partial charge is 0.0399 e. The van der Waals surface area contributed by atoms with Crippen LogP contribution in [0.4, 0.5) is 0 Å². The van der Waals surface area contributed by atoms with Crippen LogP contribution in [-0.4, -0.2) is 8.88 Å². The minimum atomic E-state index is 0.0709. The molecular weight excluding hydrogens is 281 g/mol. The van der Waals surface area contributed by atoms with Gasteiger partial charge in [0.1, 0.15) is 0 Å². The van der Waals surface area contributed by atoms with Crippen molar-refractivity contribution in [1.82, 2.24) is 0 Å². The van der Waals surface area contributed by atoms with Crippen LogP contribution in [0, 0.1) is 3.57 Å². The molecule has 1 atom stereocenters. The van der Waals surface area contributed by atoms with Crippen molar-refractivity contribution in [3.8, 4) is 0 Å². The van der Waals surface area contributed by atoms with Crippen molar-refractivity contribution in [2.75, 3.05) is 0 Å². The summed E-state index contributed by atoms with van der Waals surface area (Å²) in [5.74, 6) is 0. The third-order valence-corrected chi connectivity index (χ3v) is 7.32. The molecule has 0 spiro atoms. The summed E-state index contributed by atoms with van der Waals surface area (Å²) in [6.07, 6.45) is 0. The lowest BCUT2D eigenvalue weighted by atomic mass is 10.4. The zero-order chi connectivity index (χ0) is 8.55.